The summed E-state index contributed by atoms with van der Waals surface area (Å²) >= 11 is 0. The number of pyridine rings is 1. The van der Waals surface area contributed by atoms with Crippen molar-refractivity contribution in [3.05, 3.63) is 194 Å². The maximum absolute atomic E-state index is 5.30. The van der Waals surface area contributed by atoms with Crippen LogP contribution in [-0.4, -0.2) is 9.55 Å². The van der Waals surface area contributed by atoms with Crippen LogP contribution < -0.4 is 0 Å². The highest BCUT2D eigenvalue weighted by atomic mass is 15.0. The van der Waals surface area contributed by atoms with Crippen molar-refractivity contribution in [2.75, 3.05) is 0 Å². The highest BCUT2D eigenvalue weighted by Crippen LogP contribution is 2.42. The number of rotatable bonds is 4. The van der Waals surface area contributed by atoms with Crippen molar-refractivity contribution in [3.8, 4) is 39.2 Å². The predicted octanol–water partition coefficient (Wildman–Crippen LogP) is 13.8. The Hall–Kier alpha value is -7.03. The third kappa shape index (κ3) is 4.70. The minimum atomic E-state index is 1.000. The Labute approximate surface area is 306 Å². The summed E-state index contributed by atoms with van der Waals surface area (Å²) in [5, 5.41) is 10.9. The number of para-hydroxylation sites is 1. The van der Waals surface area contributed by atoms with Gasteiger partial charge in [-0.1, -0.05) is 152 Å². The second-order valence-corrected chi connectivity index (χ2v) is 13.9. The van der Waals surface area contributed by atoms with Gasteiger partial charge in [0, 0.05) is 37.9 Å². The lowest BCUT2D eigenvalue weighted by Crippen LogP contribution is -1.97. The van der Waals surface area contributed by atoms with Crippen molar-refractivity contribution in [1.29, 1.82) is 0 Å². The van der Waals surface area contributed by atoms with E-state index in [1.165, 1.54) is 71.0 Å². The smallest absolute Gasteiger partial charge is 0.0788 e. The van der Waals surface area contributed by atoms with Gasteiger partial charge >= 0.3 is 0 Å². The highest BCUT2D eigenvalue weighted by molar-refractivity contribution is 6.24. The van der Waals surface area contributed by atoms with Crippen LogP contribution in [0.3, 0.4) is 0 Å². The first-order valence-electron chi connectivity index (χ1n) is 18.2. The molecule has 0 radical (unpaired) electrons. The first-order chi connectivity index (χ1) is 26.3. The number of aromatic nitrogens is 2. The molecule has 0 unspecified atom stereocenters. The summed E-state index contributed by atoms with van der Waals surface area (Å²) in [5.74, 6) is 0. The average Bonchev–Trinajstić information content (AvgIpc) is 3.56. The molecule has 0 amide bonds. The van der Waals surface area contributed by atoms with Gasteiger partial charge in [-0.2, -0.15) is 0 Å². The lowest BCUT2D eigenvalue weighted by Gasteiger charge is -2.16. The maximum atomic E-state index is 5.30. The van der Waals surface area contributed by atoms with E-state index in [1.54, 1.807) is 0 Å². The number of hydrogen-bond donors (Lipinski definition) is 0. The normalized spacial score (nSPS) is 11.8. The molecule has 0 saturated carbocycles. The van der Waals surface area contributed by atoms with E-state index in [4.69, 9.17) is 4.98 Å². The molecule has 0 atom stereocenters. The average molecular weight is 673 g/mol. The van der Waals surface area contributed by atoms with Crippen molar-refractivity contribution >= 4 is 65.0 Å². The number of fused-ring (bicyclic) bond motifs is 9. The third-order valence-corrected chi connectivity index (χ3v) is 10.9. The van der Waals surface area contributed by atoms with Gasteiger partial charge in [-0.25, -0.2) is 4.98 Å². The monoisotopic (exact) mass is 672 g/mol. The number of benzene rings is 9. The summed E-state index contributed by atoms with van der Waals surface area (Å²) in [5.41, 5.74) is 11.5. The molecule has 0 fully saturated rings. The van der Waals surface area contributed by atoms with Gasteiger partial charge in [-0.3, -0.25) is 0 Å². The SMILES string of the molecule is c1ccc(-c2ccc3c(c2)c2cc(-c4ccccc4)ccc2n3-c2cccc3c2ccc2c(-c4ccc5ccccc5c4)nc4ccccc4c23)cc1. The largest absolute Gasteiger partial charge is 0.309 e. The summed E-state index contributed by atoms with van der Waals surface area (Å²) in [7, 11) is 0. The minimum absolute atomic E-state index is 1.000. The van der Waals surface area contributed by atoms with E-state index in [-0.39, 0.29) is 0 Å². The lowest BCUT2D eigenvalue weighted by molar-refractivity contribution is 1.20. The van der Waals surface area contributed by atoms with E-state index in [1.807, 2.05) is 0 Å². The Balaban J connectivity index is 1.20. The molecule has 0 aliphatic rings. The van der Waals surface area contributed by atoms with Gasteiger partial charge in [0.1, 0.15) is 0 Å². The molecule has 246 valence electrons. The highest BCUT2D eigenvalue weighted by Gasteiger charge is 2.19. The van der Waals surface area contributed by atoms with Gasteiger partial charge in [0.15, 0.2) is 0 Å². The first-order valence-corrected chi connectivity index (χ1v) is 18.2. The van der Waals surface area contributed by atoms with E-state index in [0.717, 1.165) is 33.2 Å². The van der Waals surface area contributed by atoms with Crippen LogP contribution in [0.1, 0.15) is 0 Å². The molecule has 0 bridgehead atoms. The van der Waals surface area contributed by atoms with Crippen LogP contribution in [0.4, 0.5) is 0 Å². The fourth-order valence-corrected chi connectivity index (χ4v) is 8.45. The second kappa shape index (κ2) is 11.8. The molecular formula is C51H32N2. The molecule has 9 aromatic carbocycles. The molecule has 2 heterocycles. The van der Waals surface area contributed by atoms with Crippen LogP contribution in [0, 0.1) is 0 Å². The van der Waals surface area contributed by atoms with Gasteiger partial charge < -0.3 is 4.57 Å². The zero-order valence-corrected chi connectivity index (χ0v) is 28.9. The first kappa shape index (κ1) is 29.7. The predicted molar refractivity (Wildman–Crippen MR) is 225 cm³/mol. The molecule has 11 rings (SSSR count). The maximum Gasteiger partial charge on any atom is 0.0788 e. The molecule has 2 heteroatoms. The lowest BCUT2D eigenvalue weighted by atomic mass is 9.94. The zero-order chi connectivity index (χ0) is 34.9. The van der Waals surface area contributed by atoms with Gasteiger partial charge in [0.05, 0.1) is 27.9 Å². The van der Waals surface area contributed by atoms with Crippen molar-refractivity contribution < 1.29 is 0 Å². The minimum Gasteiger partial charge on any atom is -0.309 e. The van der Waals surface area contributed by atoms with E-state index >= 15 is 0 Å². The summed E-state index contributed by atoms with van der Waals surface area (Å²) in [6.45, 7) is 0. The van der Waals surface area contributed by atoms with Crippen molar-refractivity contribution in [2.24, 2.45) is 0 Å². The Morgan fingerprint density at radius 1 is 0.321 bits per heavy atom. The van der Waals surface area contributed by atoms with Crippen LogP contribution in [0.2, 0.25) is 0 Å². The number of nitrogens with zero attached hydrogens (tertiary/aromatic N) is 2. The Morgan fingerprint density at radius 3 is 1.62 bits per heavy atom. The van der Waals surface area contributed by atoms with E-state index in [9.17, 15) is 0 Å². The van der Waals surface area contributed by atoms with Gasteiger partial charge in [0.25, 0.3) is 0 Å². The van der Waals surface area contributed by atoms with Crippen LogP contribution >= 0.6 is 0 Å². The zero-order valence-electron chi connectivity index (χ0n) is 28.9. The van der Waals surface area contributed by atoms with Crippen LogP contribution in [0.5, 0.6) is 0 Å². The van der Waals surface area contributed by atoms with Crippen LogP contribution in [-0.2, 0) is 0 Å². The van der Waals surface area contributed by atoms with E-state index in [2.05, 4.69) is 199 Å². The van der Waals surface area contributed by atoms with E-state index in [0.29, 0.717) is 0 Å². The quantitative estimate of drug-likeness (QED) is 0.170. The van der Waals surface area contributed by atoms with Crippen LogP contribution in [0.15, 0.2) is 194 Å². The second-order valence-electron chi connectivity index (χ2n) is 13.9. The molecule has 0 aliphatic carbocycles. The summed E-state index contributed by atoms with van der Waals surface area (Å²) in [6.07, 6.45) is 0. The topological polar surface area (TPSA) is 17.8 Å². The summed E-state index contributed by atoms with van der Waals surface area (Å²) < 4.78 is 2.47. The molecule has 0 spiro atoms. The van der Waals surface area contributed by atoms with Gasteiger partial charge in [-0.15, -0.1) is 0 Å². The summed E-state index contributed by atoms with van der Waals surface area (Å²) in [4.78, 5) is 5.30. The molecule has 53 heavy (non-hydrogen) atoms. The Morgan fingerprint density at radius 2 is 0.906 bits per heavy atom. The van der Waals surface area contributed by atoms with Crippen LogP contribution in [0.25, 0.3) is 104 Å². The number of hydrogen-bond acceptors (Lipinski definition) is 1. The van der Waals surface area contributed by atoms with E-state index < -0.39 is 0 Å². The fraction of sp³-hybridized carbons (Fsp3) is 0. The molecule has 0 saturated heterocycles. The van der Waals surface area contributed by atoms with Gasteiger partial charge in [-0.05, 0) is 80.9 Å². The fourth-order valence-electron chi connectivity index (χ4n) is 8.45. The Bertz CT molecular complexity index is 3110. The van der Waals surface area contributed by atoms with Crippen molar-refractivity contribution in [1.82, 2.24) is 9.55 Å². The van der Waals surface area contributed by atoms with Crippen molar-refractivity contribution in [3.63, 3.8) is 0 Å². The molecule has 11 aromatic rings. The molecule has 2 aromatic heterocycles. The third-order valence-electron chi connectivity index (χ3n) is 10.9. The Kier molecular flexibility index (Phi) is 6.59. The molecule has 2 nitrogen and oxygen atoms in total. The summed E-state index contributed by atoms with van der Waals surface area (Å²) in [6, 6.07) is 70.4. The van der Waals surface area contributed by atoms with Crippen molar-refractivity contribution in [2.45, 2.75) is 0 Å². The molecule has 0 N–H and O–H groups in total. The molecular weight excluding hydrogens is 641 g/mol. The standard InChI is InChI=1S/C51H32N2/c1-3-12-33(13-4-1)37-24-28-48-44(31-37)45-32-38(34-14-5-2-6-15-34)25-29-49(45)53(48)47-21-11-19-41-40(47)26-27-43-50(41)42-18-9-10-20-46(42)52-51(43)39-23-22-35-16-7-8-17-36(35)30-39/h1-32H. The molecule has 0 aliphatic heterocycles. The van der Waals surface area contributed by atoms with Gasteiger partial charge in [0.2, 0.25) is 0 Å².